The molecule has 3 aromatic carbocycles. The van der Waals surface area contributed by atoms with Crippen molar-refractivity contribution in [2.24, 2.45) is 0 Å². The van der Waals surface area contributed by atoms with Crippen molar-refractivity contribution in [1.29, 1.82) is 0 Å². The van der Waals surface area contributed by atoms with Gasteiger partial charge in [0.15, 0.2) is 0 Å². The standard InChI is InChI=1S/C27H24F3NO6S/c1-17(2)36-22-10-13-25-24(15-22)18(3-14-26(32)33)16-31(25)38(34,35)23-11-8-21(9-12-23)37-20-6-4-19(5-7-20)27(28,29)30/h4-13,15-17H,3,14H2,1-2H3,(H,32,33). The van der Waals surface area contributed by atoms with Crippen molar-refractivity contribution in [3.8, 4) is 17.2 Å². The lowest BCUT2D eigenvalue weighted by Gasteiger charge is -2.12. The lowest BCUT2D eigenvalue weighted by Crippen LogP contribution is -2.12. The molecule has 0 bridgehead atoms. The highest BCUT2D eigenvalue weighted by Crippen LogP contribution is 2.33. The minimum Gasteiger partial charge on any atom is -0.491 e. The van der Waals surface area contributed by atoms with E-state index in [2.05, 4.69) is 0 Å². The van der Waals surface area contributed by atoms with Crippen LogP contribution in [0.25, 0.3) is 10.9 Å². The van der Waals surface area contributed by atoms with Gasteiger partial charge in [0.25, 0.3) is 10.0 Å². The van der Waals surface area contributed by atoms with Crippen molar-refractivity contribution in [3.05, 3.63) is 84.1 Å². The van der Waals surface area contributed by atoms with Gasteiger partial charge in [-0.3, -0.25) is 4.79 Å². The summed E-state index contributed by atoms with van der Waals surface area (Å²) in [5, 5.41) is 9.70. The first-order valence-corrected chi connectivity index (χ1v) is 13.0. The number of ether oxygens (including phenoxy) is 2. The number of aryl methyl sites for hydroxylation is 1. The van der Waals surface area contributed by atoms with E-state index in [4.69, 9.17) is 14.6 Å². The number of halogens is 3. The van der Waals surface area contributed by atoms with Crippen LogP contribution in [0.3, 0.4) is 0 Å². The third-order valence-corrected chi connectivity index (χ3v) is 7.29. The Hall–Kier alpha value is -3.99. The third kappa shape index (κ3) is 5.94. The molecule has 0 amide bonds. The van der Waals surface area contributed by atoms with Crippen LogP contribution in [0.5, 0.6) is 17.2 Å². The van der Waals surface area contributed by atoms with E-state index in [1.54, 1.807) is 18.2 Å². The molecule has 0 unspecified atom stereocenters. The molecule has 1 aromatic heterocycles. The number of hydrogen-bond donors (Lipinski definition) is 1. The lowest BCUT2D eigenvalue weighted by molar-refractivity contribution is -0.138. The van der Waals surface area contributed by atoms with Crippen LogP contribution in [0.15, 0.2) is 77.8 Å². The predicted octanol–water partition coefficient (Wildman–Crippen LogP) is 6.49. The molecule has 7 nitrogen and oxygen atoms in total. The van der Waals surface area contributed by atoms with Crippen LogP contribution in [-0.2, 0) is 27.4 Å². The second kappa shape index (κ2) is 10.4. The topological polar surface area (TPSA) is 94.8 Å². The molecule has 4 aromatic rings. The zero-order chi connectivity index (χ0) is 27.7. The van der Waals surface area contributed by atoms with Gasteiger partial charge in [-0.15, -0.1) is 0 Å². The number of alkyl halides is 3. The van der Waals surface area contributed by atoms with E-state index < -0.39 is 27.7 Å². The summed E-state index contributed by atoms with van der Waals surface area (Å²) in [5.74, 6) is -0.0813. The van der Waals surface area contributed by atoms with Gasteiger partial charge in [0.1, 0.15) is 17.2 Å². The van der Waals surface area contributed by atoms with Gasteiger partial charge in [0, 0.05) is 18.0 Å². The van der Waals surface area contributed by atoms with Gasteiger partial charge in [0.2, 0.25) is 0 Å². The summed E-state index contributed by atoms with van der Waals surface area (Å²) in [5.41, 5.74) is 0.102. The summed E-state index contributed by atoms with van der Waals surface area (Å²) in [6.45, 7) is 3.71. The van der Waals surface area contributed by atoms with Gasteiger partial charge in [-0.1, -0.05) is 0 Å². The highest BCUT2D eigenvalue weighted by Gasteiger charge is 2.30. The van der Waals surface area contributed by atoms with Crippen LogP contribution >= 0.6 is 0 Å². The molecule has 0 spiro atoms. The summed E-state index contributed by atoms with van der Waals surface area (Å²) in [6.07, 6.45) is -3.21. The first-order chi connectivity index (χ1) is 17.8. The number of aromatic nitrogens is 1. The van der Waals surface area contributed by atoms with E-state index in [0.29, 0.717) is 22.2 Å². The number of nitrogens with zero attached hydrogens (tertiary/aromatic N) is 1. The molecule has 38 heavy (non-hydrogen) atoms. The maximum atomic E-state index is 13.5. The number of hydrogen-bond acceptors (Lipinski definition) is 5. The largest absolute Gasteiger partial charge is 0.491 e. The zero-order valence-corrected chi connectivity index (χ0v) is 21.2. The number of carboxylic acid groups (broad SMARTS) is 1. The average Bonchev–Trinajstić information content (AvgIpc) is 3.21. The van der Waals surface area contributed by atoms with Crippen molar-refractivity contribution in [1.82, 2.24) is 3.97 Å². The Morgan fingerprint density at radius 1 is 0.947 bits per heavy atom. The third-order valence-electron chi connectivity index (χ3n) is 5.60. The molecular weight excluding hydrogens is 523 g/mol. The monoisotopic (exact) mass is 547 g/mol. The second-order valence-electron chi connectivity index (χ2n) is 8.79. The smallest absolute Gasteiger partial charge is 0.416 e. The molecule has 0 aliphatic carbocycles. The Labute approximate surface area is 217 Å². The normalized spacial score (nSPS) is 12.2. The summed E-state index contributed by atoms with van der Waals surface area (Å²) < 4.78 is 77.7. The fourth-order valence-corrected chi connectivity index (χ4v) is 5.26. The van der Waals surface area contributed by atoms with E-state index in [1.165, 1.54) is 42.6 Å². The van der Waals surface area contributed by atoms with Crippen LogP contribution in [0.2, 0.25) is 0 Å². The van der Waals surface area contributed by atoms with Crippen molar-refractivity contribution < 1.29 is 41.0 Å². The van der Waals surface area contributed by atoms with Crippen molar-refractivity contribution in [2.75, 3.05) is 0 Å². The number of carbonyl (C=O) groups is 1. The fraction of sp³-hybridized carbons (Fsp3) is 0.222. The van der Waals surface area contributed by atoms with Crippen LogP contribution in [-0.4, -0.2) is 29.6 Å². The molecule has 0 fully saturated rings. The van der Waals surface area contributed by atoms with E-state index in [0.717, 1.165) is 16.1 Å². The molecule has 0 atom stereocenters. The molecule has 1 heterocycles. The van der Waals surface area contributed by atoms with Crippen LogP contribution in [0, 0.1) is 0 Å². The number of benzene rings is 3. The molecule has 0 aliphatic heterocycles. The second-order valence-corrected chi connectivity index (χ2v) is 10.6. The first-order valence-electron chi connectivity index (χ1n) is 11.6. The molecule has 0 aliphatic rings. The SMILES string of the molecule is CC(C)Oc1ccc2c(c1)c(CCC(=O)O)cn2S(=O)(=O)c1ccc(Oc2ccc(C(F)(F)F)cc2)cc1. The molecule has 1 N–H and O–H groups in total. The minimum atomic E-state index is -4.46. The molecule has 200 valence electrons. The predicted molar refractivity (Wildman–Crippen MR) is 134 cm³/mol. The Balaban J connectivity index is 1.64. The van der Waals surface area contributed by atoms with Gasteiger partial charge in [0.05, 0.1) is 22.1 Å². The number of aliphatic carboxylic acids is 1. The minimum absolute atomic E-state index is 0.0542. The fourth-order valence-electron chi connectivity index (χ4n) is 3.87. The Bertz CT molecular complexity index is 1560. The van der Waals surface area contributed by atoms with Gasteiger partial charge in [-0.05, 0) is 92.6 Å². The van der Waals surface area contributed by atoms with E-state index in [1.807, 2.05) is 13.8 Å². The highest BCUT2D eigenvalue weighted by atomic mass is 32.2. The Morgan fingerprint density at radius 3 is 2.08 bits per heavy atom. The molecular formula is C27H24F3NO6S. The summed E-state index contributed by atoms with van der Waals surface area (Å²) >= 11 is 0. The zero-order valence-electron chi connectivity index (χ0n) is 20.4. The quantitative estimate of drug-likeness (QED) is 0.257. The Morgan fingerprint density at radius 2 is 1.53 bits per heavy atom. The van der Waals surface area contributed by atoms with Crippen molar-refractivity contribution >= 4 is 26.9 Å². The summed E-state index contributed by atoms with van der Waals surface area (Å²) in [4.78, 5) is 11.1. The first kappa shape index (κ1) is 27.1. The van der Waals surface area contributed by atoms with Gasteiger partial charge in [-0.25, -0.2) is 12.4 Å². The molecule has 0 saturated heterocycles. The Kier molecular flexibility index (Phi) is 7.41. The summed E-state index contributed by atoms with van der Waals surface area (Å²) in [6, 6.07) is 14.5. The maximum absolute atomic E-state index is 13.5. The maximum Gasteiger partial charge on any atom is 0.416 e. The van der Waals surface area contributed by atoms with Crippen LogP contribution in [0.4, 0.5) is 13.2 Å². The number of fused-ring (bicyclic) bond motifs is 1. The van der Waals surface area contributed by atoms with E-state index >= 15 is 0 Å². The molecule has 4 rings (SSSR count). The highest BCUT2D eigenvalue weighted by molar-refractivity contribution is 7.90. The number of rotatable bonds is 9. The van der Waals surface area contributed by atoms with E-state index in [-0.39, 0.29) is 35.3 Å². The van der Waals surface area contributed by atoms with Crippen molar-refractivity contribution in [3.63, 3.8) is 0 Å². The lowest BCUT2D eigenvalue weighted by atomic mass is 10.1. The van der Waals surface area contributed by atoms with Crippen LogP contribution < -0.4 is 9.47 Å². The molecule has 11 heteroatoms. The van der Waals surface area contributed by atoms with Gasteiger partial charge in [-0.2, -0.15) is 13.2 Å². The van der Waals surface area contributed by atoms with Gasteiger partial charge >= 0.3 is 12.1 Å². The summed E-state index contributed by atoms with van der Waals surface area (Å²) in [7, 11) is -4.08. The van der Waals surface area contributed by atoms with Gasteiger partial charge < -0.3 is 14.6 Å². The number of carboxylic acids is 1. The van der Waals surface area contributed by atoms with Crippen molar-refractivity contribution in [2.45, 2.75) is 43.9 Å². The van der Waals surface area contributed by atoms with Crippen LogP contribution in [0.1, 0.15) is 31.4 Å². The van der Waals surface area contributed by atoms with E-state index in [9.17, 15) is 26.4 Å². The molecule has 0 radical (unpaired) electrons. The molecule has 0 saturated carbocycles. The average molecular weight is 548 g/mol.